The zero-order chi connectivity index (χ0) is 10.8. The molecule has 1 aromatic heterocycles. The number of nitrogens with two attached hydrogens (primary N) is 1. The van der Waals surface area contributed by atoms with Crippen LogP contribution >= 0.6 is 0 Å². The minimum Gasteiger partial charge on any atom is -0.334 e. The lowest BCUT2D eigenvalue weighted by Gasteiger charge is -2.34. The van der Waals surface area contributed by atoms with E-state index in [1.807, 2.05) is 6.33 Å². The van der Waals surface area contributed by atoms with E-state index in [2.05, 4.69) is 29.6 Å². The lowest BCUT2D eigenvalue weighted by Crippen LogP contribution is -2.26. The van der Waals surface area contributed by atoms with Crippen LogP contribution in [-0.4, -0.2) is 9.55 Å². The molecule has 1 aliphatic carbocycles. The van der Waals surface area contributed by atoms with Crippen molar-refractivity contribution in [1.29, 1.82) is 0 Å². The summed E-state index contributed by atoms with van der Waals surface area (Å²) in [6, 6.07) is 0.626. The quantitative estimate of drug-likeness (QED) is 0.809. The molecule has 0 amide bonds. The molecule has 0 bridgehead atoms. The van der Waals surface area contributed by atoms with Crippen LogP contribution in [0.4, 0.5) is 0 Å². The second-order valence-corrected chi connectivity index (χ2v) is 4.85. The molecule has 84 valence electrons. The number of aromatic nitrogens is 2. The van der Waals surface area contributed by atoms with Crippen molar-refractivity contribution in [2.45, 2.75) is 45.7 Å². The van der Waals surface area contributed by atoms with Gasteiger partial charge in [-0.3, -0.25) is 0 Å². The largest absolute Gasteiger partial charge is 0.334 e. The Morgan fingerprint density at radius 3 is 2.93 bits per heavy atom. The van der Waals surface area contributed by atoms with Gasteiger partial charge in [0.1, 0.15) is 0 Å². The normalized spacial score (nSPS) is 31.8. The zero-order valence-corrected chi connectivity index (χ0v) is 9.69. The van der Waals surface area contributed by atoms with Crippen LogP contribution in [0.3, 0.4) is 0 Å². The summed E-state index contributed by atoms with van der Waals surface area (Å²) < 4.78 is 2.27. The number of hydrogen-bond acceptors (Lipinski definition) is 2. The molecule has 0 spiro atoms. The molecule has 0 saturated heterocycles. The van der Waals surface area contributed by atoms with Gasteiger partial charge in [-0.05, 0) is 18.3 Å². The Morgan fingerprint density at radius 2 is 2.27 bits per heavy atom. The first-order valence-corrected chi connectivity index (χ1v) is 5.94. The van der Waals surface area contributed by atoms with E-state index in [4.69, 9.17) is 5.73 Å². The average Bonchev–Trinajstić information content (AvgIpc) is 2.70. The Balaban J connectivity index is 2.14. The molecule has 1 saturated carbocycles. The van der Waals surface area contributed by atoms with Crippen molar-refractivity contribution in [3.05, 3.63) is 18.2 Å². The Bertz CT molecular complexity index is 318. The molecular weight excluding hydrogens is 186 g/mol. The second kappa shape index (κ2) is 4.35. The summed E-state index contributed by atoms with van der Waals surface area (Å²) in [5.41, 5.74) is 6.58. The van der Waals surface area contributed by atoms with Crippen LogP contribution < -0.4 is 5.73 Å². The molecule has 3 unspecified atom stereocenters. The summed E-state index contributed by atoms with van der Waals surface area (Å²) in [6.45, 7) is 5.26. The van der Waals surface area contributed by atoms with Gasteiger partial charge < -0.3 is 10.3 Å². The predicted octanol–water partition coefficient (Wildman–Crippen LogP) is 2.34. The molecule has 1 fully saturated rings. The van der Waals surface area contributed by atoms with Gasteiger partial charge in [-0.15, -0.1) is 0 Å². The SMILES string of the molecule is CC1CCCC(n2cnc(CN)c2)C1C. The highest BCUT2D eigenvalue weighted by molar-refractivity contribution is 4.98. The van der Waals surface area contributed by atoms with Gasteiger partial charge in [0.15, 0.2) is 0 Å². The van der Waals surface area contributed by atoms with E-state index >= 15 is 0 Å². The number of imidazole rings is 1. The number of rotatable bonds is 2. The molecule has 1 aromatic rings. The Kier molecular flexibility index (Phi) is 3.10. The first-order chi connectivity index (χ1) is 7.22. The van der Waals surface area contributed by atoms with Crippen molar-refractivity contribution in [3.63, 3.8) is 0 Å². The summed E-state index contributed by atoms with van der Waals surface area (Å²) in [6.07, 6.45) is 8.05. The molecule has 0 radical (unpaired) electrons. The number of nitrogens with zero attached hydrogens (tertiary/aromatic N) is 2. The standard InChI is InChI=1S/C12H21N3/c1-9-4-3-5-12(10(9)2)15-7-11(6-13)14-8-15/h7-10,12H,3-6,13H2,1-2H3. The van der Waals surface area contributed by atoms with Gasteiger partial charge in [0.05, 0.1) is 12.0 Å². The molecule has 0 aromatic carbocycles. The first kappa shape index (κ1) is 10.7. The third-order valence-corrected chi connectivity index (χ3v) is 3.91. The fraction of sp³-hybridized carbons (Fsp3) is 0.750. The van der Waals surface area contributed by atoms with Gasteiger partial charge in [-0.25, -0.2) is 4.98 Å². The summed E-state index contributed by atoms with van der Waals surface area (Å²) >= 11 is 0. The Labute approximate surface area is 91.7 Å². The predicted molar refractivity (Wildman–Crippen MR) is 61.3 cm³/mol. The molecule has 3 atom stereocenters. The van der Waals surface area contributed by atoms with Crippen molar-refractivity contribution in [2.24, 2.45) is 17.6 Å². The molecule has 0 aliphatic heterocycles. The Morgan fingerprint density at radius 1 is 1.47 bits per heavy atom. The number of hydrogen-bond donors (Lipinski definition) is 1. The summed E-state index contributed by atoms with van der Waals surface area (Å²) in [7, 11) is 0. The molecule has 2 N–H and O–H groups in total. The van der Waals surface area contributed by atoms with E-state index in [-0.39, 0.29) is 0 Å². The van der Waals surface area contributed by atoms with Crippen molar-refractivity contribution in [1.82, 2.24) is 9.55 Å². The molecule has 15 heavy (non-hydrogen) atoms. The topological polar surface area (TPSA) is 43.8 Å². The molecule has 3 nitrogen and oxygen atoms in total. The minimum atomic E-state index is 0.545. The monoisotopic (exact) mass is 207 g/mol. The van der Waals surface area contributed by atoms with Gasteiger partial charge in [0.25, 0.3) is 0 Å². The molecule has 1 heterocycles. The van der Waals surface area contributed by atoms with Gasteiger partial charge >= 0.3 is 0 Å². The lowest BCUT2D eigenvalue weighted by atomic mass is 9.78. The van der Waals surface area contributed by atoms with Crippen LogP contribution in [0.2, 0.25) is 0 Å². The summed E-state index contributed by atoms with van der Waals surface area (Å²) in [5, 5.41) is 0. The summed E-state index contributed by atoms with van der Waals surface area (Å²) in [5.74, 6) is 1.58. The third kappa shape index (κ3) is 2.07. The van der Waals surface area contributed by atoms with Crippen molar-refractivity contribution < 1.29 is 0 Å². The van der Waals surface area contributed by atoms with E-state index in [0.29, 0.717) is 12.6 Å². The maximum absolute atomic E-state index is 5.58. The van der Waals surface area contributed by atoms with E-state index in [0.717, 1.165) is 17.5 Å². The average molecular weight is 207 g/mol. The highest BCUT2D eigenvalue weighted by Gasteiger charge is 2.28. The third-order valence-electron chi connectivity index (χ3n) is 3.91. The lowest BCUT2D eigenvalue weighted by molar-refractivity contribution is 0.186. The van der Waals surface area contributed by atoms with E-state index in [1.54, 1.807) is 0 Å². The van der Waals surface area contributed by atoms with Gasteiger partial charge in [0.2, 0.25) is 0 Å². The Hall–Kier alpha value is -0.830. The van der Waals surface area contributed by atoms with Crippen LogP contribution in [0.5, 0.6) is 0 Å². The van der Waals surface area contributed by atoms with E-state index in [9.17, 15) is 0 Å². The van der Waals surface area contributed by atoms with Crippen molar-refractivity contribution in [3.8, 4) is 0 Å². The van der Waals surface area contributed by atoms with Crippen LogP contribution in [-0.2, 0) is 6.54 Å². The van der Waals surface area contributed by atoms with Gasteiger partial charge in [-0.2, -0.15) is 0 Å². The maximum atomic E-state index is 5.58. The fourth-order valence-corrected chi connectivity index (χ4v) is 2.64. The highest BCUT2D eigenvalue weighted by atomic mass is 15.1. The van der Waals surface area contributed by atoms with Crippen LogP contribution in [0, 0.1) is 11.8 Å². The van der Waals surface area contributed by atoms with Crippen molar-refractivity contribution >= 4 is 0 Å². The van der Waals surface area contributed by atoms with Gasteiger partial charge in [0, 0.05) is 18.8 Å². The molecular formula is C12H21N3. The van der Waals surface area contributed by atoms with Crippen LogP contribution in [0.15, 0.2) is 12.5 Å². The summed E-state index contributed by atoms with van der Waals surface area (Å²) in [4.78, 5) is 4.31. The smallest absolute Gasteiger partial charge is 0.0952 e. The minimum absolute atomic E-state index is 0.545. The van der Waals surface area contributed by atoms with Crippen molar-refractivity contribution in [2.75, 3.05) is 0 Å². The molecule has 1 aliphatic rings. The zero-order valence-electron chi connectivity index (χ0n) is 9.69. The van der Waals surface area contributed by atoms with E-state index in [1.165, 1.54) is 19.3 Å². The van der Waals surface area contributed by atoms with Crippen LogP contribution in [0.1, 0.15) is 44.8 Å². The fourth-order valence-electron chi connectivity index (χ4n) is 2.64. The van der Waals surface area contributed by atoms with E-state index < -0.39 is 0 Å². The molecule has 3 heteroatoms. The first-order valence-electron chi connectivity index (χ1n) is 5.94. The second-order valence-electron chi connectivity index (χ2n) is 4.85. The highest BCUT2D eigenvalue weighted by Crippen LogP contribution is 2.37. The molecule has 2 rings (SSSR count). The van der Waals surface area contributed by atoms with Crippen LogP contribution in [0.25, 0.3) is 0 Å². The van der Waals surface area contributed by atoms with Gasteiger partial charge in [-0.1, -0.05) is 26.7 Å². The maximum Gasteiger partial charge on any atom is 0.0952 e.